The van der Waals surface area contributed by atoms with Crippen LogP contribution in [0.5, 0.6) is 0 Å². The number of aromatic nitrogens is 4. The Kier molecular flexibility index (Phi) is 4.54. The van der Waals surface area contributed by atoms with E-state index in [1.54, 1.807) is 24.9 Å². The third-order valence-electron chi connectivity index (χ3n) is 3.31. The minimum Gasteiger partial charge on any atom is -0.350 e. The monoisotopic (exact) mass is 306 g/mol. The fourth-order valence-corrected chi connectivity index (χ4v) is 2.08. The second-order valence-corrected chi connectivity index (χ2v) is 5.05. The fourth-order valence-electron chi connectivity index (χ4n) is 2.08. The summed E-state index contributed by atoms with van der Waals surface area (Å²) in [7, 11) is 1.57. The lowest BCUT2D eigenvalue weighted by molar-refractivity contribution is -0.385. The minimum absolute atomic E-state index is 0.153. The standard InChI is InChI=1S/C13H18N6O3/c1-9-7-15-18(8-9)6-4-5-14-13(20)11-12(19(21)22)10(2)17(3)16-11/h7-8H,4-6H2,1-3H3,(H,14,20). The van der Waals surface area contributed by atoms with Crippen molar-refractivity contribution in [1.82, 2.24) is 24.9 Å². The molecule has 0 spiro atoms. The van der Waals surface area contributed by atoms with Crippen LogP contribution in [0, 0.1) is 24.0 Å². The molecule has 0 atom stereocenters. The molecule has 0 aromatic carbocycles. The highest BCUT2D eigenvalue weighted by atomic mass is 16.6. The minimum atomic E-state index is -0.580. The molecule has 2 heterocycles. The van der Waals surface area contributed by atoms with E-state index in [1.807, 2.05) is 13.1 Å². The molecular formula is C13H18N6O3. The average Bonchev–Trinajstić information content (AvgIpc) is 2.99. The van der Waals surface area contributed by atoms with Gasteiger partial charge in [0.15, 0.2) is 0 Å². The maximum absolute atomic E-state index is 12.0. The number of nitrogens with one attached hydrogen (secondary N) is 1. The summed E-state index contributed by atoms with van der Waals surface area (Å²) in [6.07, 6.45) is 4.35. The molecule has 2 rings (SSSR count). The molecule has 0 bridgehead atoms. The fraction of sp³-hybridized carbons (Fsp3) is 0.462. The Morgan fingerprint density at radius 2 is 2.18 bits per heavy atom. The number of amides is 1. The van der Waals surface area contributed by atoms with E-state index < -0.39 is 10.8 Å². The number of nitro groups is 1. The molecule has 0 aliphatic rings. The Labute approximate surface area is 127 Å². The second kappa shape index (κ2) is 6.37. The van der Waals surface area contributed by atoms with Crippen molar-refractivity contribution in [2.24, 2.45) is 7.05 Å². The number of hydrogen-bond donors (Lipinski definition) is 1. The van der Waals surface area contributed by atoms with Crippen LogP contribution < -0.4 is 5.32 Å². The molecular weight excluding hydrogens is 288 g/mol. The van der Waals surface area contributed by atoms with Crippen molar-refractivity contribution in [3.05, 3.63) is 39.5 Å². The van der Waals surface area contributed by atoms with E-state index in [4.69, 9.17) is 0 Å². The van der Waals surface area contributed by atoms with E-state index in [2.05, 4.69) is 15.5 Å². The molecule has 0 fully saturated rings. The van der Waals surface area contributed by atoms with Gasteiger partial charge in [-0.05, 0) is 25.8 Å². The van der Waals surface area contributed by atoms with Gasteiger partial charge in [-0.1, -0.05) is 0 Å². The van der Waals surface area contributed by atoms with Gasteiger partial charge >= 0.3 is 5.69 Å². The highest BCUT2D eigenvalue weighted by Crippen LogP contribution is 2.21. The van der Waals surface area contributed by atoms with Crippen molar-refractivity contribution in [2.75, 3.05) is 6.54 Å². The summed E-state index contributed by atoms with van der Waals surface area (Å²) < 4.78 is 3.12. The van der Waals surface area contributed by atoms with E-state index in [0.29, 0.717) is 25.2 Å². The van der Waals surface area contributed by atoms with Gasteiger partial charge in [0, 0.05) is 26.3 Å². The number of rotatable bonds is 6. The quantitative estimate of drug-likeness (QED) is 0.486. The lowest BCUT2D eigenvalue weighted by Gasteiger charge is -2.03. The van der Waals surface area contributed by atoms with Gasteiger partial charge in [-0.3, -0.25) is 24.3 Å². The van der Waals surface area contributed by atoms with Crippen LogP contribution in [-0.4, -0.2) is 36.9 Å². The van der Waals surface area contributed by atoms with Crippen LogP contribution in [0.3, 0.4) is 0 Å². The van der Waals surface area contributed by atoms with Gasteiger partial charge in [-0.25, -0.2) is 0 Å². The molecule has 0 saturated heterocycles. The Morgan fingerprint density at radius 3 is 2.77 bits per heavy atom. The van der Waals surface area contributed by atoms with Crippen LogP contribution in [0.4, 0.5) is 5.69 Å². The van der Waals surface area contributed by atoms with Crippen LogP contribution >= 0.6 is 0 Å². The average molecular weight is 306 g/mol. The molecule has 0 aliphatic carbocycles. The molecule has 0 unspecified atom stereocenters. The summed E-state index contributed by atoms with van der Waals surface area (Å²) in [5.41, 5.74) is 1.02. The van der Waals surface area contributed by atoms with E-state index in [0.717, 1.165) is 5.56 Å². The maximum Gasteiger partial charge on any atom is 0.322 e. The third kappa shape index (κ3) is 3.30. The summed E-state index contributed by atoms with van der Waals surface area (Å²) in [5, 5.41) is 21.7. The van der Waals surface area contributed by atoms with Gasteiger partial charge < -0.3 is 5.32 Å². The van der Waals surface area contributed by atoms with Gasteiger partial charge in [-0.15, -0.1) is 0 Å². The largest absolute Gasteiger partial charge is 0.350 e. The van der Waals surface area contributed by atoms with Crippen molar-refractivity contribution in [1.29, 1.82) is 0 Å². The summed E-state index contributed by atoms with van der Waals surface area (Å²) in [6, 6.07) is 0. The molecule has 118 valence electrons. The number of aryl methyl sites for hydroxylation is 3. The summed E-state index contributed by atoms with van der Waals surface area (Å²) >= 11 is 0. The van der Waals surface area contributed by atoms with Crippen molar-refractivity contribution in [3.8, 4) is 0 Å². The highest BCUT2D eigenvalue weighted by molar-refractivity contribution is 5.96. The van der Waals surface area contributed by atoms with E-state index in [1.165, 1.54) is 4.68 Å². The third-order valence-corrected chi connectivity index (χ3v) is 3.31. The molecule has 0 aliphatic heterocycles. The molecule has 22 heavy (non-hydrogen) atoms. The van der Waals surface area contributed by atoms with Crippen molar-refractivity contribution < 1.29 is 9.72 Å². The maximum atomic E-state index is 12.0. The van der Waals surface area contributed by atoms with Crippen molar-refractivity contribution in [3.63, 3.8) is 0 Å². The van der Waals surface area contributed by atoms with Gasteiger partial charge in [0.2, 0.25) is 5.69 Å². The number of nitrogens with zero attached hydrogens (tertiary/aromatic N) is 5. The SMILES string of the molecule is Cc1cnn(CCCNC(=O)c2nn(C)c(C)c2[N+](=O)[O-])c1. The topological polar surface area (TPSA) is 108 Å². The van der Waals surface area contributed by atoms with E-state index >= 15 is 0 Å². The number of hydrogen-bond acceptors (Lipinski definition) is 5. The molecule has 0 radical (unpaired) electrons. The molecule has 0 saturated carbocycles. The molecule has 9 nitrogen and oxygen atoms in total. The zero-order valence-corrected chi connectivity index (χ0v) is 12.7. The van der Waals surface area contributed by atoms with E-state index in [9.17, 15) is 14.9 Å². The first kappa shape index (κ1) is 15.7. The van der Waals surface area contributed by atoms with Crippen LogP contribution in [0.15, 0.2) is 12.4 Å². The van der Waals surface area contributed by atoms with Crippen LogP contribution in [-0.2, 0) is 13.6 Å². The molecule has 2 aromatic rings. The molecule has 1 amide bonds. The second-order valence-electron chi connectivity index (χ2n) is 5.05. The summed E-state index contributed by atoms with van der Waals surface area (Å²) in [4.78, 5) is 22.5. The predicted molar refractivity (Wildman–Crippen MR) is 78.5 cm³/mol. The first-order valence-corrected chi connectivity index (χ1v) is 6.85. The van der Waals surface area contributed by atoms with Crippen molar-refractivity contribution >= 4 is 11.6 Å². The molecule has 2 aromatic heterocycles. The predicted octanol–water partition coefficient (Wildman–Crippen LogP) is 0.962. The molecule has 9 heteroatoms. The Hall–Kier alpha value is -2.71. The zero-order chi connectivity index (χ0) is 16.3. The highest BCUT2D eigenvalue weighted by Gasteiger charge is 2.28. The number of carbonyl (C=O) groups is 1. The Bertz CT molecular complexity index is 703. The summed E-state index contributed by atoms with van der Waals surface area (Å²) in [6.45, 7) is 4.57. The van der Waals surface area contributed by atoms with Gasteiger partial charge in [0.05, 0.1) is 11.1 Å². The van der Waals surface area contributed by atoms with Crippen LogP contribution in [0.25, 0.3) is 0 Å². The first-order valence-electron chi connectivity index (χ1n) is 6.85. The lowest BCUT2D eigenvalue weighted by Crippen LogP contribution is -2.26. The van der Waals surface area contributed by atoms with Crippen LogP contribution in [0.2, 0.25) is 0 Å². The van der Waals surface area contributed by atoms with E-state index in [-0.39, 0.29) is 11.4 Å². The zero-order valence-electron chi connectivity index (χ0n) is 12.7. The lowest BCUT2D eigenvalue weighted by atomic mass is 10.3. The Morgan fingerprint density at radius 1 is 1.45 bits per heavy atom. The Balaban J connectivity index is 1.92. The normalized spacial score (nSPS) is 10.7. The van der Waals surface area contributed by atoms with Crippen LogP contribution in [0.1, 0.15) is 28.2 Å². The van der Waals surface area contributed by atoms with Crippen molar-refractivity contribution in [2.45, 2.75) is 26.8 Å². The van der Waals surface area contributed by atoms with Gasteiger partial charge in [0.25, 0.3) is 5.91 Å². The smallest absolute Gasteiger partial charge is 0.322 e. The first-order chi connectivity index (χ1) is 10.4. The summed E-state index contributed by atoms with van der Waals surface area (Å²) in [5.74, 6) is -0.535. The van der Waals surface area contributed by atoms with Gasteiger partial charge in [-0.2, -0.15) is 10.2 Å². The molecule has 1 N–H and O–H groups in total. The number of carbonyl (C=O) groups excluding carboxylic acids is 1. The van der Waals surface area contributed by atoms with Gasteiger partial charge in [0.1, 0.15) is 5.69 Å².